The lowest BCUT2D eigenvalue weighted by Gasteiger charge is -2.19. The van der Waals surface area contributed by atoms with Gasteiger partial charge in [-0.2, -0.15) is 0 Å². The molecular formula is C28H45NS. The lowest BCUT2D eigenvalue weighted by Crippen LogP contribution is -2.22. The minimum absolute atomic E-state index is 1.08. The Morgan fingerprint density at radius 3 is 1.83 bits per heavy atom. The zero-order valence-corrected chi connectivity index (χ0v) is 21.8. The molecule has 0 N–H and O–H groups in total. The van der Waals surface area contributed by atoms with Gasteiger partial charge in [-0.3, -0.25) is 4.90 Å². The minimum atomic E-state index is 1.08. The van der Waals surface area contributed by atoms with E-state index in [9.17, 15) is 0 Å². The maximum atomic E-state index is 2.43. The van der Waals surface area contributed by atoms with Crippen LogP contribution in [0.15, 0.2) is 59.0 Å². The average Bonchev–Trinajstić information content (AvgIpc) is 2.81. The van der Waals surface area contributed by atoms with Crippen LogP contribution in [-0.2, 0) is 6.54 Å². The first-order valence-corrected chi connectivity index (χ1v) is 12.8. The van der Waals surface area contributed by atoms with E-state index in [2.05, 4.69) is 101 Å². The molecule has 0 unspecified atom stereocenters. The van der Waals surface area contributed by atoms with Gasteiger partial charge < -0.3 is 0 Å². The Morgan fingerprint density at radius 1 is 0.833 bits per heavy atom. The Kier molecular flexibility index (Phi) is 16.3. The van der Waals surface area contributed by atoms with Crippen molar-refractivity contribution >= 4 is 17.3 Å². The first-order chi connectivity index (χ1) is 14.5. The molecule has 30 heavy (non-hydrogen) atoms. The van der Waals surface area contributed by atoms with E-state index in [1.165, 1.54) is 32.7 Å². The lowest BCUT2D eigenvalue weighted by molar-refractivity contribution is 0.295. The third kappa shape index (κ3) is 10.00. The minimum Gasteiger partial charge on any atom is -0.300 e. The lowest BCUT2D eigenvalue weighted by atomic mass is 9.97. The second-order valence-electron chi connectivity index (χ2n) is 7.08. The van der Waals surface area contributed by atoms with Crippen molar-refractivity contribution < 1.29 is 0 Å². The molecule has 0 saturated carbocycles. The SMILES string of the molecule is CC.CC/C(C)=C(/CC)c1ccc(SC)cc1.CCN(CC)Cc1ccccc1C. The van der Waals surface area contributed by atoms with E-state index in [1.54, 1.807) is 11.8 Å². The number of hydrogen-bond acceptors (Lipinski definition) is 2. The van der Waals surface area contributed by atoms with Gasteiger partial charge in [0.2, 0.25) is 0 Å². The molecule has 0 saturated heterocycles. The Morgan fingerprint density at radius 2 is 1.40 bits per heavy atom. The zero-order chi connectivity index (χ0) is 22.9. The summed E-state index contributed by atoms with van der Waals surface area (Å²) in [5, 5.41) is 0. The number of thioether (sulfide) groups is 1. The molecule has 0 aromatic heterocycles. The van der Waals surface area contributed by atoms with Crippen molar-refractivity contribution in [1.29, 1.82) is 0 Å². The molecule has 0 radical (unpaired) electrons. The van der Waals surface area contributed by atoms with E-state index in [0.717, 1.165) is 32.5 Å². The predicted octanol–water partition coefficient (Wildman–Crippen LogP) is 8.87. The molecule has 0 aliphatic carbocycles. The van der Waals surface area contributed by atoms with Crippen LogP contribution in [0.1, 0.15) is 78.0 Å². The quantitative estimate of drug-likeness (QED) is 0.387. The van der Waals surface area contributed by atoms with Crippen molar-refractivity contribution in [1.82, 2.24) is 4.90 Å². The van der Waals surface area contributed by atoms with Gasteiger partial charge in [0, 0.05) is 11.4 Å². The van der Waals surface area contributed by atoms with Crippen molar-refractivity contribution in [3.05, 3.63) is 70.8 Å². The molecular weight excluding hydrogens is 382 g/mol. The maximum absolute atomic E-state index is 2.43. The van der Waals surface area contributed by atoms with E-state index in [0.29, 0.717) is 0 Å². The van der Waals surface area contributed by atoms with Gasteiger partial charge >= 0.3 is 0 Å². The van der Waals surface area contributed by atoms with Gasteiger partial charge in [-0.25, -0.2) is 0 Å². The number of benzene rings is 2. The Balaban J connectivity index is 0.000000522. The molecule has 0 amide bonds. The highest BCUT2D eigenvalue weighted by molar-refractivity contribution is 7.98. The van der Waals surface area contributed by atoms with Crippen LogP contribution in [0.25, 0.3) is 5.57 Å². The van der Waals surface area contributed by atoms with E-state index in [1.807, 2.05) is 13.8 Å². The fourth-order valence-corrected chi connectivity index (χ4v) is 3.64. The number of rotatable bonds is 8. The van der Waals surface area contributed by atoms with Gasteiger partial charge in [0.05, 0.1) is 0 Å². The third-order valence-corrected chi connectivity index (χ3v) is 6.13. The number of aryl methyl sites for hydroxylation is 1. The van der Waals surface area contributed by atoms with E-state index >= 15 is 0 Å². The highest BCUT2D eigenvalue weighted by atomic mass is 32.2. The van der Waals surface area contributed by atoms with E-state index in [4.69, 9.17) is 0 Å². The monoisotopic (exact) mass is 427 g/mol. The molecule has 0 aliphatic heterocycles. The zero-order valence-electron chi connectivity index (χ0n) is 21.0. The highest BCUT2D eigenvalue weighted by Gasteiger charge is 2.03. The summed E-state index contributed by atoms with van der Waals surface area (Å²) in [5.41, 5.74) is 7.25. The van der Waals surface area contributed by atoms with Crippen LogP contribution >= 0.6 is 11.8 Å². The molecule has 2 aromatic carbocycles. The summed E-state index contributed by atoms with van der Waals surface area (Å²) in [6, 6.07) is 17.5. The van der Waals surface area contributed by atoms with Crippen LogP contribution in [0.4, 0.5) is 0 Å². The van der Waals surface area contributed by atoms with Crippen LogP contribution < -0.4 is 0 Å². The molecule has 1 nitrogen and oxygen atoms in total. The fraction of sp³-hybridized carbons (Fsp3) is 0.500. The van der Waals surface area contributed by atoms with Gasteiger partial charge in [-0.1, -0.05) is 83.5 Å². The second-order valence-corrected chi connectivity index (χ2v) is 7.96. The molecule has 0 heterocycles. The molecule has 2 aromatic rings. The van der Waals surface area contributed by atoms with Crippen molar-refractivity contribution in [2.45, 2.75) is 79.7 Å². The molecule has 2 rings (SSSR count). The van der Waals surface area contributed by atoms with Crippen LogP contribution in [-0.4, -0.2) is 24.2 Å². The summed E-state index contributed by atoms with van der Waals surface area (Å²) < 4.78 is 0. The first-order valence-electron chi connectivity index (χ1n) is 11.6. The van der Waals surface area contributed by atoms with Gasteiger partial charge in [-0.05, 0) is 80.4 Å². The van der Waals surface area contributed by atoms with Gasteiger partial charge in [0.15, 0.2) is 0 Å². The Hall–Kier alpha value is -1.51. The smallest absolute Gasteiger partial charge is 0.0236 e. The average molecular weight is 428 g/mol. The molecule has 0 bridgehead atoms. The molecule has 2 heteroatoms. The second kappa shape index (κ2) is 17.2. The van der Waals surface area contributed by atoms with Crippen LogP contribution in [0.5, 0.6) is 0 Å². The van der Waals surface area contributed by atoms with Crippen LogP contribution in [0.2, 0.25) is 0 Å². The summed E-state index contributed by atoms with van der Waals surface area (Å²) in [5.74, 6) is 0. The topological polar surface area (TPSA) is 3.24 Å². The van der Waals surface area contributed by atoms with Crippen molar-refractivity contribution in [2.75, 3.05) is 19.3 Å². The summed E-state index contributed by atoms with van der Waals surface area (Å²) in [6.07, 6.45) is 4.38. The number of nitrogens with zero attached hydrogens (tertiary/aromatic N) is 1. The standard InChI is InChI=1S/C14H20S.C12H19N.C2H6/c1-5-11(3)14(6-2)12-7-9-13(15-4)10-8-12;1-4-13(5-2)10-12-9-7-6-8-11(12)3;1-2/h7-10H,5-6H2,1-4H3;6-9H,4-5,10H2,1-3H3;1-2H3/b14-11-;;. The molecule has 0 fully saturated rings. The molecule has 0 aliphatic rings. The maximum Gasteiger partial charge on any atom is 0.0236 e. The number of hydrogen-bond donors (Lipinski definition) is 0. The van der Waals surface area contributed by atoms with E-state index in [-0.39, 0.29) is 0 Å². The largest absolute Gasteiger partial charge is 0.300 e. The summed E-state index contributed by atoms with van der Waals surface area (Å²) in [7, 11) is 0. The van der Waals surface area contributed by atoms with Crippen molar-refractivity contribution in [3.8, 4) is 0 Å². The van der Waals surface area contributed by atoms with Crippen LogP contribution in [0, 0.1) is 6.92 Å². The summed E-state index contributed by atoms with van der Waals surface area (Å²) in [4.78, 5) is 3.77. The number of allylic oxidation sites excluding steroid dienone is 2. The van der Waals surface area contributed by atoms with Crippen molar-refractivity contribution in [2.24, 2.45) is 0 Å². The fourth-order valence-electron chi connectivity index (χ4n) is 3.23. The van der Waals surface area contributed by atoms with Crippen LogP contribution in [0.3, 0.4) is 0 Å². The third-order valence-electron chi connectivity index (χ3n) is 5.39. The van der Waals surface area contributed by atoms with Gasteiger partial charge in [0.25, 0.3) is 0 Å². The molecule has 0 atom stereocenters. The van der Waals surface area contributed by atoms with Crippen molar-refractivity contribution in [3.63, 3.8) is 0 Å². The summed E-state index contributed by atoms with van der Waals surface area (Å²) >= 11 is 1.79. The Bertz CT molecular complexity index is 712. The highest BCUT2D eigenvalue weighted by Crippen LogP contribution is 2.25. The van der Waals surface area contributed by atoms with E-state index < -0.39 is 0 Å². The van der Waals surface area contributed by atoms with Gasteiger partial charge in [-0.15, -0.1) is 11.8 Å². The normalized spacial score (nSPS) is 11.1. The van der Waals surface area contributed by atoms with Gasteiger partial charge in [0.1, 0.15) is 0 Å². The Labute approximate surface area is 192 Å². The predicted molar refractivity (Wildman–Crippen MR) is 141 cm³/mol. The summed E-state index contributed by atoms with van der Waals surface area (Å²) in [6.45, 7) is 20.6. The first kappa shape index (κ1) is 28.5. The molecule has 0 spiro atoms. The molecule has 168 valence electrons.